The second-order valence-corrected chi connectivity index (χ2v) is 6.39. The Morgan fingerprint density at radius 1 is 1.07 bits per heavy atom. The summed E-state index contributed by atoms with van der Waals surface area (Å²) in [5, 5.41) is 9.51. The van der Waals surface area contributed by atoms with E-state index in [0.717, 1.165) is 29.7 Å². The maximum Gasteiger partial charge on any atom is 0.251 e. The van der Waals surface area contributed by atoms with Gasteiger partial charge < -0.3 is 15.5 Å². The summed E-state index contributed by atoms with van der Waals surface area (Å²) in [5.41, 5.74) is 4.06. The van der Waals surface area contributed by atoms with Crippen molar-refractivity contribution in [2.45, 2.75) is 25.9 Å². The number of nitrogens with one attached hydrogen (secondary N) is 2. The van der Waals surface area contributed by atoms with Crippen LogP contribution in [0.5, 0.6) is 0 Å². The second kappa shape index (κ2) is 8.49. The molecule has 1 aliphatic rings. The highest BCUT2D eigenvalue weighted by molar-refractivity contribution is 5.96. The topological polar surface area (TPSA) is 79.8 Å². The molecule has 0 saturated carbocycles. The smallest absolute Gasteiger partial charge is 0.251 e. The van der Waals surface area contributed by atoms with Crippen LogP contribution in [0.1, 0.15) is 40.5 Å². The summed E-state index contributed by atoms with van der Waals surface area (Å²) in [6.07, 6.45) is 1.53. The van der Waals surface area contributed by atoms with Crippen molar-refractivity contribution < 1.29 is 14.4 Å². The molecular weight excluding hydrogens is 342 g/mol. The van der Waals surface area contributed by atoms with Gasteiger partial charge in [-0.15, -0.1) is 0 Å². The van der Waals surface area contributed by atoms with Crippen molar-refractivity contribution in [3.8, 4) is 11.1 Å². The Morgan fingerprint density at radius 3 is 2.52 bits per heavy atom. The van der Waals surface area contributed by atoms with E-state index >= 15 is 0 Å². The van der Waals surface area contributed by atoms with E-state index in [1.165, 1.54) is 0 Å². The molecule has 1 atom stereocenters. The summed E-state index contributed by atoms with van der Waals surface area (Å²) >= 11 is 0. The summed E-state index contributed by atoms with van der Waals surface area (Å²) in [4.78, 5) is 29.4. The molecule has 1 aliphatic heterocycles. The molecule has 6 nitrogen and oxygen atoms in total. The predicted octanol–water partition coefficient (Wildman–Crippen LogP) is 3.00. The quantitative estimate of drug-likeness (QED) is 0.826. The molecule has 2 aromatic rings. The molecule has 140 valence electrons. The lowest BCUT2D eigenvalue weighted by molar-refractivity contribution is 0.0753. The van der Waals surface area contributed by atoms with Crippen LogP contribution >= 0.6 is 0 Å². The van der Waals surface area contributed by atoms with Crippen LogP contribution in [-0.4, -0.2) is 37.2 Å². The first kappa shape index (κ1) is 18.6. The number of nitrogens with zero attached hydrogens (tertiary/aromatic N) is 1. The van der Waals surface area contributed by atoms with E-state index < -0.39 is 0 Å². The Hall–Kier alpha value is -3.15. The van der Waals surface area contributed by atoms with Gasteiger partial charge in [-0.2, -0.15) is 0 Å². The maximum atomic E-state index is 12.5. The molecule has 27 heavy (non-hydrogen) atoms. The standard InChI is InChI=1S/C21H23N3O3/c1-3-18-12-19(27-24-18)13-23-21(26)17-6-4-5-16(11-17)14-7-9-15(10-8-14)20(25)22-2/h4-11,19H,3,12-13H2,1-2H3,(H,22,25)(H,23,26)/t19-/m1/s1. The van der Waals surface area contributed by atoms with Gasteiger partial charge in [-0.1, -0.05) is 36.3 Å². The molecule has 6 heteroatoms. The van der Waals surface area contributed by atoms with Crippen molar-refractivity contribution in [3.05, 3.63) is 59.7 Å². The van der Waals surface area contributed by atoms with Crippen LogP contribution in [0.2, 0.25) is 0 Å². The number of oxime groups is 1. The fourth-order valence-corrected chi connectivity index (χ4v) is 2.91. The summed E-state index contributed by atoms with van der Waals surface area (Å²) in [7, 11) is 1.60. The summed E-state index contributed by atoms with van der Waals surface area (Å²) in [6, 6.07) is 14.7. The monoisotopic (exact) mass is 365 g/mol. The zero-order valence-corrected chi connectivity index (χ0v) is 15.5. The molecule has 2 aromatic carbocycles. The van der Waals surface area contributed by atoms with E-state index in [2.05, 4.69) is 15.8 Å². The Balaban J connectivity index is 1.64. The molecule has 0 radical (unpaired) electrons. The number of hydrogen-bond donors (Lipinski definition) is 2. The third-order valence-corrected chi connectivity index (χ3v) is 4.52. The van der Waals surface area contributed by atoms with E-state index in [9.17, 15) is 9.59 Å². The molecule has 0 bridgehead atoms. The molecule has 0 aliphatic carbocycles. The van der Waals surface area contributed by atoms with Crippen molar-refractivity contribution in [2.75, 3.05) is 13.6 Å². The number of amides is 2. The molecule has 0 unspecified atom stereocenters. The van der Waals surface area contributed by atoms with Crippen molar-refractivity contribution in [1.29, 1.82) is 0 Å². The van der Waals surface area contributed by atoms with Crippen LogP contribution < -0.4 is 10.6 Å². The van der Waals surface area contributed by atoms with Crippen molar-refractivity contribution >= 4 is 17.5 Å². The van der Waals surface area contributed by atoms with Crippen LogP contribution in [0.3, 0.4) is 0 Å². The lowest BCUT2D eigenvalue weighted by Crippen LogP contribution is -2.32. The highest BCUT2D eigenvalue weighted by atomic mass is 16.6. The third kappa shape index (κ3) is 4.53. The second-order valence-electron chi connectivity index (χ2n) is 6.39. The van der Waals surface area contributed by atoms with Gasteiger partial charge in [0, 0.05) is 24.6 Å². The molecule has 2 amide bonds. The number of carbonyl (C=O) groups excluding carboxylic acids is 2. The Morgan fingerprint density at radius 2 is 1.85 bits per heavy atom. The lowest BCUT2D eigenvalue weighted by atomic mass is 10.0. The number of benzene rings is 2. The summed E-state index contributed by atoms with van der Waals surface area (Å²) in [6.45, 7) is 2.47. The van der Waals surface area contributed by atoms with Gasteiger partial charge >= 0.3 is 0 Å². The largest absolute Gasteiger partial charge is 0.390 e. The van der Waals surface area contributed by atoms with Crippen LogP contribution in [0, 0.1) is 0 Å². The number of rotatable bonds is 6. The van der Waals surface area contributed by atoms with E-state index in [4.69, 9.17) is 4.84 Å². The zero-order valence-electron chi connectivity index (χ0n) is 15.5. The van der Waals surface area contributed by atoms with Crippen LogP contribution in [0.15, 0.2) is 53.7 Å². The predicted molar refractivity (Wildman–Crippen MR) is 105 cm³/mol. The average Bonchev–Trinajstić information content (AvgIpc) is 3.20. The minimum atomic E-state index is -0.146. The third-order valence-electron chi connectivity index (χ3n) is 4.52. The van der Waals surface area contributed by atoms with E-state index in [1.807, 2.05) is 37.3 Å². The molecule has 0 saturated heterocycles. The first-order chi connectivity index (χ1) is 13.1. The highest BCUT2D eigenvalue weighted by Crippen LogP contribution is 2.21. The Kier molecular flexibility index (Phi) is 5.86. The average molecular weight is 365 g/mol. The molecular formula is C21H23N3O3. The van der Waals surface area contributed by atoms with E-state index in [1.54, 1.807) is 25.2 Å². The minimum absolute atomic E-state index is 0.0932. The molecule has 0 fully saturated rings. The van der Waals surface area contributed by atoms with Gasteiger partial charge in [-0.3, -0.25) is 9.59 Å². The first-order valence-corrected chi connectivity index (χ1v) is 9.03. The molecule has 0 spiro atoms. The van der Waals surface area contributed by atoms with Gasteiger partial charge in [-0.05, 0) is 41.8 Å². The van der Waals surface area contributed by atoms with Crippen LogP contribution in [-0.2, 0) is 4.84 Å². The summed E-state index contributed by atoms with van der Waals surface area (Å²) in [5.74, 6) is -0.272. The first-order valence-electron chi connectivity index (χ1n) is 9.03. The molecule has 3 rings (SSSR count). The maximum absolute atomic E-state index is 12.5. The van der Waals surface area contributed by atoms with Gasteiger partial charge in [-0.25, -0.2) is 0 Å². The number of hydrogen-bond acceptors (Lipinski definition) is 4. The fraction of sp³-hybridized carbons (Fsp3) is 0.286. The highest BCUT2D eigenvalue weighted by Gasteiger charge is 2.20. The van der Waals surface area contributed by atoms with Gasteiger partial charge in [0.25, 0.3) is 11.8 Å². The lowest BCUT2D eigenvalue weighted by Gasteiger charge is -2.11. The van der Waals surface area contributed by atoms with Crippen molar-refractivity contribution in [2.24, 2.45) is 5.16 Å². The SMILES string of the molecule is CCC1=NO[C@@H](CNC(=O)c2cccc(-c3ccc(C(=O)NC)cc3)c2)C1. The minimum Gasteiger partial charge on any atom is -0.390 e. The van der Waals surface area contributed by atoms with Gasteiger partial charge in [0.1, 0.15) is 6.10 Å². The summed E-state index contributed by atoms with van der Waals surface area (Å²) < 4.78 is 0. The zero-order chi connectivity index (χ0) is 19.2. The molecule has 0 aromatic heterocycles. The van der Waals surface area contributed by atoms with Crippen LogP contribution in [0.4, 0.5) is 0 Å². The van der Waals surface area contributed by atoms with Gasteiger partial charge in [0.2, 0.25) is 0 Å². The van der Waals surface area contributed by atoms with Crippen molar-refractivity contribution in [1.82, 2.24) is 10.6 Å². The molecule has 1 heterocycles. The fourth-order valence-electron chi connectivity index (χ4n) is 2.91. The normalized spacial score (nSPS) is 15.6. The van der Waals surface area contributed by atoms with Gasteiger partial charge in [0.15, 0.2) is 0 Å². The Bertz CT molecular complexity index is 859. The van der Waals surface area contributed by atoms with Crippen LogP contribution in [0.25, 0.3) is 11.1 Å². The van der Waals surface area contributed by atoms with Crippen molar-refractivity contribution in [3.63, 3.8) is 0 Å². The van der Waals surface area contributed by atoms with E-state index in [0.29, 0.717) is 17.7 Å². The number of carbonyl (C=O) groups is 2. The molecule has 2 N–H and O–H groups in total. The van der Waals surface area contributed by atoms with Gasteiger partial charge in [0.05, 0.1) is 12.3 Å². The van der Waals surface area contributed by atoms with E-state index in [-0.39, 0.29) is 17.9 Å². The Labute approximate surface area is 158 Å².